The fourth-order valence-corrected chi connectivity index (χ4v) is 4.76. The number of nitrogens with one attached hydrogen (secondary N) is 1. The van der Waals surface area contributed by atoms with Crippen molar-refractivity contribution in [3.05, 3.63) is 107 Å². The highest BCUT2D eigenvalue weighted by Crippen LogP contribution is 2.20. The van der Waals surface area contributed by atoms with Crippen molar-refractivity contribution in [2.45, 2.75) is 51.4 Å². The maximum absolute atomic E-state index is 14.6. The topological polar surface area (TPSA) is 49.4 Å². The quantitative estimate of drug-likeness (QED) is 0.293. The summed E-state index contributed by atoms with van der Waals surface area (Å²) in [6, 6.07) is 23.6. The zero-order valence-corrected chi connectivity index (χ0v) is 21.9. The van der Waals surface area contributed by atoms with Gasteiger partial charge in [-0.1, -0.05) is 91.7 Å². The van der Waals surface area contributed by atoms with Gasteiger partial charge in [-0.15, -0.1) is 11.8 Å². The Balaban J connectivity index is 1.83. The van der Waals surface area contributed by atoms with Gasteiger partial charge in [-0.3, -0.25) is 9.59 Å². The summed E-state index contributed by atoms with van der Waals surface area (Å²) in [5, 5.41) is 2.99. The minimum absolute atomic E-state index is 0.0370. The molecule has 3 rings (SSSR count). The van der Waals surface area contributed by atoms with Crippen molar-refractivity contribution in [3.63, 3.8) is 0 Å². The molecule has 1 atom stereocenters. The standard InChI is InChI=1S/C30H35FN2O2S/c1-3-4-18-32-30(35)28(19-24-10-6-5-7-11-24)33(20-26-12-8-9-13-27(26)31)29(34)22-36-21-25-16-14-23(2)15-17-25/h5-17,28H,3-4,18-22H2,1-2H3,(H,32,35)/t28-/m1/s1. The number of amides is 2. The summed E-state index contributed by atoms with van der Waals surface area (Å²) in [7, 11) is 0. The molecular weight excluding hydrogens is 471 g/mol. The first-order valence-electron chi connectivity index (χ1n) is 12.5. The van der Waals surface area contributed by atoms with Crippen LogP contribution in [0.2, 0.25) is 0 Å². The van der Waals surface area contributed by atoms with Crippen molar-refractivity contribution in [2.24, 2.45) is 0 Å². The van der Waals surface area contributed by atoms with Crippen LogP contribution in [0.5, 0.6) is 0 Å². The van der Waals surface area contributed by atoms with E-state index >= 15 is 0 Å². The Morgan fingerprint density at radius 1 is 0.944 bits per heavy atom. The van der Waals surface area contributed by atoms with Crippen molar-refractivity contribution in [3.8, 4) is 0 Å². The van der Waals surface area contributed by atoms with Gasteiger partial charge in [-0.05, 0) is 30.5 Å². The van der Waals surface area contributed by atoms with Crippen molar-refractivity contribution in [2.75, 3.05) is 12.3 Å². The number of nitrogens with zero attached hydrogens (tertiary/aromatic N) is 1. The summed E-state index contributed by atoms with van der Waals surface area (Å²) < 4.78 is 14.6. The van der Waals surface area contributed by atoms with Gasteiger partial charge in [0.15, 0.2) is 0 Å². The molecule has 2 amide bonds. The average molecular weight is 507 g/mol. The zero-order valence-electron chi connectivity index (χ0n) is 21.1. The fraction of sp³-hybridized carbons (Fsp3) is 0.333. The predicted molar refractivity (Wildman–Crippen MR) is 146 cm³/mol. The molecule has 190 valence electrons. The lowest BCUT2D eigenvalue weighted by Gasteiger charge is -2.31. The normalized spacial score (nSPS) is 11.6. The summed E-state index contributed by atoms with van der Waals surface area (Å²) in [6.07, 6.45) is 2.18. The lowest BCUT2D eigenvalue weighted by Crippen LogP contribution is -2.51. The SMILES string of the molecule is CCCCNC(=O)[C@@H](Cc1ccccc1)N(Cc1ccccc1F)C(=O)CSCc1ccc(C)cc1. The van der Waals surface area contributed by atoms with Crippen LogP contribution in [0.4, 0.5) is 4.39 Å². The average Bonchev–Trinajstić information content (AvgIpc) is 2.89. The molecule has 4 nitrogen and oxygen atoms in total. The highest BCUT2D eigenvalue weighted by atomic mass is 32.2. The second-order valence-corrected chi connectivity index (χ2v) is 9.93. The zero-order chi connectivity index (χ0) is 25.8. The highest BCUT2D eigenvalue weighted by Gasteiger charge is 2.30. The first-order valence-corrected chi connectivity index (χ1v) is 13.6. The van der Waals surface area contributed by atoms with E-state index in [-0.39, 0.29) is 29.9 Å². The van der Waals surface area contributed by atoms with Crippen LogP contribution in [-0.2, 0) is 28.3 Å². The van der Waals surface area contributed by atoms with Crippen LogP contribution in [0.25, 0.3) is 0 Å². The van der Waals surface area contributed by atoms with Crippen LogP contribution >= 0.6 is 11.8 Å². The van der Waals surface area contributed by atoms with Crippen LogP contribution in [-0.4, -0.2) is 35.1 Å². The molecule has 0 radical (unpaired) electrons. The fourth-order valence-electron chi connectivity index (χ4n) is 3.89. The van der Waals surface area contributed by atoms with Crippen LogP contribution in [0.15, 0.2) is 78.9 Å². The predicted octanol–water partition coefficient (Wildman–Crippen LogP) is 5.92. The van der Waals surface area contributed by atoms with Crippen molar-refractivity contribution in [1.29, 1.82) is 0 Å². The lowest BCUT2D eigenvalue weighted by molar-refractivity contribution is -0.139. The Kier molecular flexibility index (Phi) is 11.0. The molecule has 0 heterocycles. The molecule has 0 spiro atoms. The molecule has 0 saturated carbocycles. The van der Waals surface area contributed by atoms with E-state index < -0.39 is 6.04 Å². The number of benzene rings is 3. The lowest BCUT2D eigenvalue weighted by atomic mass is 10.0. The van der Waals surface area contributed by atoms with Gasteiger partial charge in [-0.25, -0.2) is 4.39 Å². The number of carbonyl (C=O) groups is 2. The molecule has 3 aromatic carbocycles. The molecule has 0 bridgehead atoms. The third kappa shape index (κ3) is 8.52. The van der Waals surface area contributed by atoms with E-state index in [0.29, 0.717) is 24.3 Å². The van der Waals surface area contributed by atoms with E-state index in [4.69, 9.17) is 0 Å². The van der Waals surface area contributed by atoms with Gasteiger partial charge in [-0.2, -0.15) is 0 Å². The van der Waals surface area contributed by atoms with Crippen molar-refractivity contribution < 1.29 is 14.0 Å². The Morgan fingerprint density at radius 2 is 1.64 bits per heavy atom. The summed E-state index contributed by atoms with van der Waals surface area (Å²) in [4.78, 5) is 28.5. The Bertz CT molecular complexity index is 1110. The van der Waals surface area contributed by atoms with E-state index in [9.17, 15) is 14.0 Å². The maximum atomic E-state index is 14.6. The summed E-state index contributed by atoms with van der Waals surface area (Å²) >= 11 is 1.50. The van der Waals surface area contributed by atoms with Gasteiger partial charge in [0.1, 0.15) is 11.9 Å². The number of carbonyl (C=O) groups excluding carboxylic acids is 2. The molecule has 0 aliphatic rings. The Morgan fingerprint density at radius 3 is 2.33 bits per heavy atom. The number of halogens is 1. The maximum Gasteiger partial charge on any atom is 0.243 e. The van der Waals surface area contributed by atoms with E-state index in [1.807, 2.05) is 37.3 Å². The summed E-state index contributed by atoms with van der Waals surface area (Å²) in [5.41, 5.74) is 3.67. The Labute approximate surface area is 218 Å². The van der Waals surface area contributed by atoms with Gasteiger partial charge in [0.05, 0.1) is 5.75 Å². The van der Waals surface area contributed by atoms with Gasteiger partial charge in [0, 0.05) is 30.8 Å². The number of hydrogen-bond acceptors (Lipinski definition) is 3. The largest absolute Gasteiger partial charge is 0.354 e. The van der Waals surface area contributed by atoms with E-state index in [1.54, 1.807) is 23.1 Å². The molecule has 0 fully saturated rings. The van der Waals surface area contributed by atoms with Gasteiger partial charge in [0.2, 0.25) is 11.8 Å². The van der Waals surface area contributed by atoms with E-state index in [1.165, 1.54) is 23.4 Å². The first-order chi connectivity index (χ1) is 17.5. The molecule has 0 aromatic heterocycles. The second-order valence-electron chi connectivity index (χ2n) is 8.94. The molecular formula is C30H35FN2O2S. The molecule has 0 aliphatic heterocycles. The van der Waals surface area contributed by atoms with Crippen LogP contribution < -0.4 is 5.32 Å². The van der Waals surface area contributed by atoms with Crippen LogP contribution in [0.1, 0.15) is 42.0 Å². The minimum Gasteiger partial charge on any atom is -0.354 e. The highest BCUT2D eigenvalue weighted by molar-refractivity contribution is 7.99. The molecule has 1 N–H and O–H groups in total. The van der Waals surface area contributed by atoms with Crippen molar-refractivity contribution >= 4 is 23.6 Å². The molecule has 36 heavy (non-hydrogen) atoms. The van der Waals surface area contributed by atoms with Gasteiger partial charge in [0.25, 0.3) is 0 Å². The molecule has 3 aromatic rings. The molecule has 0 saturated heterocycles. The van der Waals surface area contributed by atoms with Gasteiger partial charge >= 0.3 is 0 Å². The molecule has 0 unspecified atom stereocenters. The van der Waals surface area contributed by atoms with Crippen LogP contribution in [0, 0.1) is 12.7 Å². The number of thioether (sulfide) groups is 1. The smallest absolute Gasteiger partial charge is 0.243 e. The van der Waals surface area contributed by atoms with E-state index in [0.717, 1.165) is 24.0 Å². The second kappa shape index (κ2) is 14.4. The van der Waals surface area contributed by atoms with E-state index in [2.05, 4.69) is 36.5 Å². The summed E-state index contributed by atoms with van der Waals surface area (Å²) in [5.74, 6) is 0.122. The Hall–Kier alpha value is -3.12. The third-order valence-corrected chi connectivity index (χ3v) is 7.00. The number of rotatable bonds is 13. The minimum atomic E-state index is -0.740. The summed E-state index contributed by atoms with van der Waals surface area (Å²) in [6.45, 7) is 4.69. The monoisotopic (exact) mass is 506 g/mol. The number of aryl methyl sites for hydroxylation is 1. The number of unbranched alkanes of at least 4 members (excludes halogenated alkanes) is 1. The third-order valence-electron chi connectivity index (χ3n) is 6.01. The van der Waals surface area contributed by atoms with Crippen LogP contribution in [0.3, 0.4) is 0 Å². The molecule has 0 aliphatic carbocycles. The van der Waals surface area contributed by atoms with Gasteiger partial charge < -0.3 is 10.2 Å². The molecule has 6 heteroatoms. The first kappa shape index (κ1) is 27.5. The van der Waals surface area contributed by atoms with Crippen molar-refractivity contribution in [1.82, 2.24) is 10.2 Å². The number of hydrogen-bond donors (Lipinski definition) is 1.